The smallest absolute Gasteiger partial charge is 0.265 e. The first-order chi connectivity index (χ1) is 10.1. The summed E-state index contributed by atoms with van der Waals surface area (Å²) in [5, 5.41) is 2.92. The van der Waals surface area contributed by atoms with E-state index in [-0.39, 0.29) is 5.91 Å². The fourth-order valence-corrected chi connectivity index (χ4v) is 2.61. The summed E-state index contributed by atoms with van der Waals surface area (Å²) >= 11 is 1.37. The van der Waals surface area contributed by atoms with Crippen LogP contribution in [0.3, 0.4) is 0 Å². The Morgan fingerprint density at radius 1 is 1.33 bits per heavy atom. The van der Waals surface area contributed by atoms with E-state index >= 15 is 0 Å². The molecule has 2 aromatic rings. The monoisotopic (exact) mass is 298 g/mol. The summed E-state index contributed by atoms with van der Waals surface area (Å²) in [6.45, 7) is 4.58. The maximum absolute atomic E-state index is 12.2. The van der Waals surface area contributed by atoms with Crippen LogP contribution in [-0.2, 0) is 0 Å². The zero-order chi connectivity index (χ0) is 15.2. The van der Waals surface area contributed by atoms with Crippen LogP contribution in [-0.4, -0.2) is 12.5 Å². The first kappa shape index (κ1) is 15.3. The number of amides is 1. The largest absolute Gasteiger partial charge is 0.321 e. The first-order valence-corrected chi connectivity index (χ1v) is 7.62. The molecule has 0 aliphatic rings. The van der Waals surface area contributed by atoms with Crippen molar-refractivity contribution in [3.05, 3.63) is 51.7 Å². The van der Waals surface area contributed by atoms with Crippen LogP contribution in [0.25, 0.3) is 0 Å². The van der Waals surface area contributed by atoms with Crippen LogP contribution in [0.15, 0.2) is 36.4 Å². The molecule has 3 N–H and O–H groups in total. The Balaban J connectivity index is 2.11. The molecular weight excluding hydrogens is 280 g/mol. The Hall–Kier alpha value is -2.09. The second kappa shape index (κ2) is 7.07. The molecule has 1 aromatic carbocycles. The molecular formula is C17H18N2OS. The predicted molar refractivity (Wildman–Crippen MR) is 88.7 cm³/mol. The van der Waals surface area contributed by atoms with Gasteiger partial charge in [-0.1, -0.05) is 37.8 Å². The summed E-state index contributed by atoms with van der Waals surface area (Å²) in [7, 11) is 0. The van der Waals surface area contributed by atoms with Gasteiger partial charge in [-0.3, -0.25) is 4.79 Å². The lowest BCUT2D eigenvalue weighted by atomic mass is 10.0. The van der Waals surface area contributed by atoms with Crippen molar-refractivity contribution in [1.82, 2.24) is 0 Å². The minimum atomic E-state index is -0.110. The molecule has 21 heavy (non-hydrogen) atoms. The Morgan fingerprint density at radius 3 is 2.86 bits per heavy atom. The third-order valence-electron chi connectivity index (χ3n) is 2.95. The number of hydrogen-bond donors (Lipinski definition) is 2. The molecule has 2 rings (SSSR count). The van der Waals surface area contributed by atoms with E-state index in [9.17, 15) is 4.79 Å². The molecule has 1 amide bonds. The predicted octanol–water partition coefficient (Wildman–Crippen LogP) is 3.43. The van der Waals surface area contributed by atoms with E-state index in [0.29, 0.717) is 17.3 Å². The Bertz CT molecular complexity index is 692. The quantitative estimate of drug-likeness (QED) is 0.853. The van der Waals surface area contributed by atoms with Gasteiger partial charge in [-0.05, 0) is 35.7 Å². The van der Waals surface area contributed by atoms with E-state index in [1.165, 1.54) is 16.9 Å². The SMILES string of the molecule is CC(C)c1cccc(NC(=O)c2ccc(C#CCN)s2)c1. The summed E-state index contributed by atoms with van der Waals surface area (Å²) in [4.78, 5) is 13.7. The van der Waals surface area contributed by atoms with Gasteiger partial charge in [0, 0.05) is 5.69 Å². The van der Waals surface area contributed by atoms with Crippen molar-refractivity contribution < 1.29 is 4.79 Å². The zero-order valence-electron chi connectivity index (χ0n) is 12.1. The van der Waals surface area contributed by atoms with Crippen molar-refractivity contribution >= 4 is 22.9 Å². The number of thiophene rings is 1. The highest BCUT2D eigenvalue weighted by molar-refractivity contribution is 7.14. The van der Waals surface area contributed by atoms with Gasteiger partial charge in [-0.25, -0.2) is 0 Å². The number of hydrogen-bond acceptors (Lipinski definition) is 3. The lowest BCUT2D eigenvalue weighted by Gasteiger charge is -2.08. The molecule has 0 fully saturated rings. The third kappa shape index (κ3) is 4.19. The van der Waals surface area contributed by atoms with Crippen LogP contribution in [0.1, 0.15) is 39.9 Å². The number of anilines is 1. The molecule has 108 valence electrons. The molecule has 0 aliphatic heterocycles. The third-order valence-corrected chi connectivity index (χ3v) is 3.95. The summed E-state index contributed by atoms with van der Waals surface area (Å²) < 4.78 is 0. The number of nitrogens with two attached hydrogens (primary N) is 1. The lowest BCUT2D eigenvalue weighted by Crippen LogP contribution is -2.10. The molecule has 0 aliphatic carbocycles. The second-order valence-corrected chi connectivity index (χ2v) is 5.99. The van der Waals surface area contributed by atoms with Crippen molar-refractivity contribution in [3.63, 3.8) is 0 Å². The topological polar surface area (TPSA) is 55.1 Å². The highest BCUT2D eigenvalue weighted by Crippen LogP contribution is 2.21. The molecule has 4 heteroatoms. The Morgan fingerprint density at radius 2 is 2.14 bits per heavy atom. The molecule has 1 aromatic heterocycles. The fraction of sp³-hybridized carbons (Fsp3) is 0.235. The van der Waals surface area contributed by atoms with E-state index in [1.54, 1.807) is 6.07 Å². The van der Waals surface area contributed by atoms with Crippen LogP contribution in [0.4, 0.5) is 5.69 Å². The van der Waals surface area contributed by atoms with Crippen molar-refractivity contribution in [1.29, 1.82) is 0 Å². The highest BCUT2D eigenvalue weighted by Gasteiger charge is 2.09. The van der Waals surface area contributed by atoms with Crippen LogP contribution < -0.4 is 11.1 Å². The van der Waals surface area contributed by atoms with Gasteiger partial charge < -0.3 is 11.1 Å². The van der Waals surface area contributed by atoms with Gasteiger partial charge in [0.05, 0.1) is 16.3 Å². The van der Waals surface area contributed by atoms with Crippen molar-refractivity contribution in [3.8, 4) is 11.8 Å². The van der Waals surface area contributed by atoms with Gasteiger partial charge >= 0.3 is 0 Å². The maximum Gasteiger partial charge on any atom is 0.265 e. The van der Waals surface area contributed by atoms with E-state index in [4.69, 9.17) is 5.73 Å². The van der Waals surface area contributed by atoms with Crippen LogP contribution >= 0.6 is 11.3 Å². The molecule has 0 atom stereocenters. The minimum Gasteiger partial charge on any atom is -0.321 e. The molecule has 0 bridgehead atoms. The fourth-order valence-electron chi connectivity index (χ4n) is 1.83. The van der Waals surface area contributed by atoms with Gasteiger partial charge in [-0.2, -0.15) is 0 Å². The van der Waals surface area contributed by atoms with Gasteiger partial charge in [0.15, 0.2) is 0 Å². The number of carbonyl (C=O) groups excluding carboxylic acids is 1. The molecule has 3 nitrogen and oxygen atoms in total. The second-order valence-electron chi connectivity index (χ2n) is 4.90. The zero-order valence-corrected chi connectivity index (χ0v) is 13.0. The Labute approximate surface area is 129 Å². The number of rotatable bonds is 3. The molecule has 0 saturated heterocycles. The van der Waals surface area contributed by atoms with Gasteiger partial charge in [-0.15, -0.1) is 11.3 Å². The normalized spacial score (nSPS) is 10.1. The first-order valence-electron chi connectivity index (χ1n) is 6.80. The molecule has 0 unspecified atom stereocenters. The van der Waals surface area contributed by atoms with E-state index < -0.39 is 0 Å². The summed E-state index contributed by atoms with van der Waals surface area (Å²) in [6.07, 6.45) is 0. The lowest BCUT2D eigenvalue weighted by molar-refractivity contribution is 0.103. The minimum absolute atomic E-state index is 0.110. The van der Waals surface area contributed by atoms with Gasteiger partial charge in [0.25, 0.3) is 5.91 Å². The van der Waals surface area contributed by atoms with E-state index in [2.05, 4.69) is 37.1 Å². The number of carbonyl (C=O) groups is 1. The summed E-state index contributed by atoms with van der Waals surface area (Å²) in [6, 6.07) is 11.5. The highest BCUT2D eigenvalue weighted by atomic mass is 32.1. The molecule has 0 spiro atoms. The van der Waals surface area contributed by atoms with Gasteiger partial charge in [0.2, 0.25) is 0 Å². The summed E-state index contributed by atoms with van der Waals surface area (Å²) in [5.41, 5.74) is 7.35. The summed E-state index contributed by atoms with van der Waals surface area (Å²) in [5.74, 6) is 6.04. The van der Waals surface area contributed by atoms with E-state index in [1.807, 2.05) is 24.3 Å². The van der Waals surface area contributed by atoms with Crippen molar-refractivity contribution in [2.75, 3.05) is 11.9 Å². The van der Waals surface area contributed by atoms with Gasteiger partial charge in [0.1, 0.15) is 0 Å². The van der Waals surface area contributed by atoms with E-state index in [0.717, 1.165) is 10.6 Å². The number of nitrogens with one attached hydrogen (secondary N) is 1. The molecule has 0 radical (unpaired) electrons. The van der Waals surface area contributed by atoms with Crippen LogP contribution in [0, 0.1) is 11.8 Å². The van der Waals surface area contributed by atoms with Crippen molar-refractivity contribution in [2.45, 2.75) is 19.8 Å². The maximum atomic E-state index is 12.2. The standard InChI is InChI=1S/C17H18N2OS/c1-12(2)13-5-3-6-14(11-13)19-17(20)16-9-8-15(21-16)7-4-10-18/h3,5-6,8-9,11-12H,10,18H2,1-2H3,(H,19,20). The Kier molecular flexibility index (Phi) is 5.15. The van der Waals surface area contributed by atoms with Crippen LogP contribution in [0.2, 0.25) is 0 Å². The molecule has 1 heterocycles. The average Bonchev–Trinajstić information content (AvgIpc) is 2.94. The van der Waals surface area contributed by atoms with Crippen LogP contribution in [0.5, 0.6) is 0 Å². The average molecular weight is 298 g/mol. The number of benzene rings is 1. The molecule has 0 saturated carbocycles. The van der Waals surface area contributed by atoms with Crippen molar-refractivity contribution in [2.24, 2.45) is 5.73 Å².